The molecule has 2 nitrogen and oxygen atoms in total. The molecular weight excluding hydrogens is 102 g/mol. The molecule has 0 aromatic heterocycles. The van der Waals surface area contributed by atoms with Crippen LogP contribution in [0.1, 0.15) is 6.42 Å². The van der Waals surface area contributed by atoms with Gasteiger partial charge in [-0.2, -0.15) is 0 Å². The van der Waals surface area contributed by atoms with E-state index in [1.54, 1.807) is 0 Å². The Morgan fingerprint density at radius 3 is 3.00 bits per heavy atom. The molecule has 1 rings (SSSR count). The van der Waals surface area contributed by atoms with E-state index in [9.17, 15) is 0 Å². The largest absolute Gasteiger partial charge is 0.396 e. The Balaban J connectivity index is 2.32. The van der Waals surface area contributed by atoms with Crippen molar-refractivity contribution >= 4 is 0 Å². The van der Waals surface area contributed by atoms with Crippen molar-refractivity contribution in [1.82, 2.24) is 5.32 Å². The molecule has 1 atom stereocenters. The van der Waals surface area contributed by atoms with Gasteiger partial charge in [0.2, 0.25) is 0 Å². The lowest BCUT2D eigenvalue weighted by atomic mass is 10.1. The quantitative estimate of drug-likeness (QED) is 0.505. The number of rotatable bonds is 1. The number of aliphatic hydroxyl groups excluding tert-OH is 1. The van der Waals surface area contributed by atoms with Gasteiger partial charge in [0, 0.05) is 19.1 Å². The zero-order valence-electron chi connectivity index (χ0n) is 4.80. The molecule has 46 valence electrons. The van der Waals surface area contributed by atoms with Crippen LogP contribution in [0, 0.1) is 5.92 Å². The Morgan fingerprint density at radius 2 is 2.62 bits per heavy atom. The van der Waals surface area contributed by atoms with Crippen molar-refractivity contribution in [3.63, 3.8) is 0 Å². The van der Waals surface area contributed by atoms with E-state index in [1.807, 2.05) is 12.3 Å². The highest BCUT2D eigenvalue weighted by Gasteiger charge is 2.04. The Bertz CT molecular complexity index is 90.5. The lowest BCUT2D eigenvalue weighted by Crippen LogP contribution is -2.19. The van der Waals surface area contributed by atoms with Gasteiger partial charge in [-0.05, 0) is 12.6 Å². The van der Waals surface area contributed by atoms with Crippen LogP contribution in [0.3, 0.4) is 0 Å². The molecule has 1 heterocycles. The molecule has 0 aromatic rings. The predicted molar refractivity (Wildman–Crippen MR) is 32.3 cm³/mol. The third kappa shape index (κ3) is 1.23. The molecule has 2 heteroatoms. The Kier molecular flexibility index (Phi) is 1.92. The Hall–Kier alpha value is -0.500. The zero-order chi connectivity index (χ0) is 5.82. The molecule has 0 fully saturated rings. The fraction of sp³-hybridized carbons (Fsp3) is 0.667. The maximum Gasteiger partial charge on any atom is 0.0495 e. The summed E-state index contributed by atoms with van der Waals surface area (Å²) in [6, 6.07) is 0. The van der Waals surface area contributed by atoms with Crippen molar-refractivity contribution in [1.29, 1.82) is 0 Å². The van der Waals surface area contributed by atoms with Gasteiger partial charge in [-0.1, -0.05) is 6.08 Å². The van der Waals surface area contributed by atoms with Gasteiger partial charge < -0.3 is 10.4 Å². The summed E-state index contributed by atoms with van der Waals surface area (Å²) in [6.07, 6.45) is 4.97. The van der Waals surface area contributed by atoms with Crippen LogP contribution in [0.15, 0.2) is 12.3 Å². The van der Waals surface area contributed by atoms with Crippen molar-refractivity contribution in [3.8, 4) is 0 Å². The second kappa shape index (κ2) is 2.72. The molecule has 0 saturated carbocycles. The molecule has 0 aliphatic carbocycles. The first kappa shape index (κ1) is 5.63. The fourth-order valence-electron chi connectivity index (χ4n) is 0.805. The average Bonchev–Trinajstić information content (AvgIpc) is 1.90. The third-order valence-corrected chi connectivity index (χ3v) is 1.38. The van der Waals surface area contributed by atoms with Crippen LogP contribution in [0.2, 0.25) is 0 Å². The van der Waals surface area contributed by atoms with Crippen molar-refractivity contribution in [2.45, 2.75) is 6.42 Å². The van der Waals surface area contributed by atoms with Crippen LogP contribution in [0.5, 0.6) is 0 Å². The standard InChI is InChI=1S/C6H11NO/c8-5-6-1-3-7-4-2-6/h1,3,6-8H,2,4-5H2. The van der Waals surface area contributed by atoms with Crippen LogP contribution in [0.25, 0.3) is 0 Å². The number of aliphatic hydroxyl groups is 1. The van der Waals surface area contributed by atoms with Gasteiger partial charge in [0.25, 0.3) is 0 Å². The SMILES string of the molecule is OCC1C=CNCC1. The van der Waals surface area contributed by atoms with Crippen LogP contribution in [-0.2, 0) is 0 Å². The first-order valence-electron chi connectivity index (χ1n) is 2.94. The minimum Gasteiger partial charge on any atom is -0.396 e. The second-order valence-electron chi connectivity index (χ2n) is 2.04. The van der Waals surface area contributed by atoms with E-state index in [4.69, 9.17) is 5.11 Å². The summed E-state index contributed by atoms with van der Waals surface area (Å²) in [5.74, 6) is 0.399. The highest BCUT2D eigenvalue weighted by atomic mass is 16.3. The summed E-state index contributed by atoms with van der Waals surface area (Å²) in [5.41, 5.74) is 0. The Labute approximate surface area is 49.2 Å². The molecule has 8 heavy (non-hydrogen) atoms. The van der Waals surface area contributed by atoms with Crippen molar-refractivity contribution < 1.29 is 5.11 Å². The lowest BCUT2D eigenvalue weighted by Gasteiger charge is -2.13. The first-order chi connectivity index (χ1) is 3.93. The van der Waals surface area contributed by atoms with Crippen LogP contribution in [0.4, 0.5) is 0 Å². The molecule has 0 saturated heterocycles. The summed E-state index contributed by atoms with van der Waals surface area (Å²) in [7, 11) is 0. The molecule has 2 N–H and O–H groups in total. The van der Waals surface area contributed by atoms with E-state index >= 15 is 0 Å². The van der Waals surface area contributed by atoms with Crippen LogP contribution < -0.4 is 5.32 Å². The molecule has 0 aromatic carbocycles. The normalized spacial score (nSPS) is 27.4. The number of hydrogen-bond acceptors (Lipinski definition) is 2. The van der Waals surface area contributed by atoms with Crippen molar-refractivity contribution in [3.05, 3.63) is 12.3 Å². The van der Waals surface area contributed by atoms with E-state index in [-0.39, 0.29) is 6.61 Å². The van der Waals surface area contributed by atoms with E-state index in [1.165, 1.54) is 0 Å². The van der Waals surface area contributed by atoms with Crippen LogP contribution in [-0.4, -0.2) is 18.3 Å². The summed E-state index contributed by atoms with van der Waals surface area (Å²) < 4.78 is 0. The van der Waals surface area contributed by atoms with E-state index < -0.39 is 0 Å². The highest BCUT2D eigenvalue weighted by Crippen LogP contribution is 2.05. The molecule has 0 bridgehead atoms. The molecule has 0 spiro atoms. The van der Waals surface area contributed by atoms with Crippen molar-refractivity contribution in [2.75, 3.05) is 13.2 Å². The Morgan fingerprint density at radius 1 is 1.75 bits per heavy atom. The minimum absolute atomic E-state index is 0.290. The second-order valence-corrected chi connectivity index (χ2v) is 2.04. The van der Waals surface area contributed by atoms with Gasteiger partial charge in [-0.25, -0.2) is 0 Å². The van der Waals surface area contributed by atoms with Gasteiger partial charge in [0.05, 0.1) is 0 Å². The summed E-state index contributed by atoms with van der Waals surface area (Å²) in [4.78, 5) is 0. The van der Waals surface area contributed by atoms with Gasteiger partial charge >= 0.3 is 0 Å². The van der Waals surface area contributed by atoms with Gasteiger partial charge in [-0.15, -0.1) is 0 Å². The first-order valence-corrected chi connectivity index (χ1v) is 2.94. The third-order valence-electron chi connectivity index (χ3n) is 1.38. The van der Waals surface area contributed by atoms with Gasteiger partial charge in [0.15, 0.2) is 0 Å². The average molecular weight is 113 g/mol. The fourth-order valence-corrected chi connectivity index (χ4v) is 0.805. The number of nitrogens with one attached hydrogen (secondary N) is 1. The van der Waals surface area contributed by atoms with Crippen LogP contribution >= 0.6 is 0 Å². The smallest absolute Gasteiger partial charge is 0.0495 e. The molecule has 0 radical (unpaired) electrons. The molecule has 1 aliphatic rings. The minimum atomic E-state index is 0.290. The van der Waals surface area contributed by atoms with E-state index in [0.717, 1.165) is 13.0 Å². The number of hydrogen-bond donors (Lipinski definition) is 2. The predicted octanol–water partition coefficient (Wildman–Crippen LogP) is 0.102. The topological polar surface area (TPSA) is 32.3 Å². The summed E-state index contributed by atoms with van der Waals surface area (Å²) >= 11 is 0. The highest BCUT2D eigenvalue weighted by molar-refractivity contribution is 4.91. The molecule has 1 unspecified atom stereocenters. The van der Waals surface area contributed by atoms with Gasteiger partial charge in [0.1, 0.15) is 0 Å². The summed E-state index contributed by atoms with van der Waals surface area (Å²) in [5, 5.41) is 11.7. The maximum absolute atomic E-state index is 8.61. The zero-order valence-corrected chi connectivity index (χ0v) is 4.80. The van der Waals surface area contributed by atoms with E-state index in [0.29, 0.717) is 5.92 Å². The molecule has 1 aliphatic heterocycles. The summed E-state index contributed by atoms with van der Waals surface area (Å²) in [6.45, 7) is 1.29. The van der Waals surface area contributed by atoms with Crippen molar-refractivity contribution in [2.24, 2.45) is 5.92 Å². The maximum atomic E-state index is 8.61. The lowest BCUT2D eigenvalue weighted by molar-refractivity contribution is 0.243. The molecular formula is C6H11NO. The van der Waals surface area contributed by atoms with Gasteiger partial charge in [-0.3, -0.25) is 0 Å². The van der Waals surface area contributed by atoms with E-state index in [2.05, 4.69) is 5.32 Å². The monoisotopic (exact) mass is 113 g/mol. The molecule has 0 amide bonds.